The standard InChI is InChI=1S/C15H13BrN2OS/c16-12-5-3-11(4-6-12)15(19)18-13-7-1-10(2-8-13)9-14(17)20/h1-8H,9H2,(H2,17,20)(H,18,19). The van der Waals surface area contributed by atoms with E-state index in [1.807, 2.05) is 36.4 Å². The molecule has 5 heteroatoms. The minimum absolute atomic E-state index is 0.139. The lowest BCUT2D eigenvalue weighted by Crippen LogP contribution is -2.12. The molecule has 0 aromatic heterocycles. The van der Waals surface area contributed by atoms with E-state index in [0.29, 0.717) is 17.0 Å². The van der Waals surface area contributed by atoms with Crippen molar-refractivity contribution in [2.45, 2.75) is 6.42 Å². The van der Waals surface area contributed by atoms with E-state index in [9.17, 15) is 4.79 Å². The molecule has 0 fully saturated rings. The molecule has 0 radical (unpaired) electrons. The van der Waals surface area contributed by atoms with Gasteiger partial charge >= 0.3 is 0 Å². The van der Waals surface area contributed by atoms with Crippen LogP contribution in [-0.2, 0) is 6.42 Å². The van der Waals surface area contributed by atoms with Crippen molar-refractivity contribution >= 4 is 44.7 Å². The molecule has 0 spiro atoms. The highest BCUT2D eigenvalue weighted by atomic mass is 79.9. The first-order valence-corrected chi connectivity index (χ1v) is 7.19. The van der Waals surface area contributed by atoms with E-state index in [1.165, 1.54) is 0 Å². The number of halogens is 1. The van der Waals surface area contributed by atoms with Crippen molar-refractivity contribution in [2.75, 3.05) is 5.32 Å². The van der Waals surface area contributed by atoms with Crippen molar-refractivity contribution in [1.29, 1.82) is 0 Å². The van der Waals surface area contributed by atoms with E-state index in [-0.39, 0.29) is 5.91 Å². The Labute approximate surface area is 131 Å². The van der Waals surface area contributed by atoms with E-state index < -0.39 is 0 Å². The predicted octanol–water partition coefficient (Wildman–Crippen LogP) is 3.53. The first kappa shape index (κ1) is 14.7. The van der Waals surface area contributed by atoms with Crippen molar-refractivity contribution in [3.63, 3.8) is 0 Å². The molecule has 0 heterocycles. The number of carbonyl (C=O) groups is 1. The van der Waals surface area contributed by atoms with Crippen LogP contribution in [0.25, 0.3) is 0 Å². The van der Waals surface area contributed by atoms with Crippen LogP contribution < -0.4 is 11.1 Å². The molecule has 3 nitrogen and oxygen atoms in total. The molecule has 0 saturated heterocycles. The zero-order valence-corrected chi connectivity index (χ0v) is 13.0. The number of thiocarbonyl (C=S) groups is 1. The molecule has 20 heavy (non-hydrogen) atoms. The third-order valence-electron chi connectivity index (χ3n) is 2.70. The molecule has 0 aliphatic rings. The molecule has 2 aromatic rings. The Morgan fingerprint density at radius 1 is 1.10 bits per heavy atom. The molecular formula is C15H13BrN2OS. The number of rotatable bonds is 4. The van der Waals surface area contributed by atoms with Gasteiger partial charge in [0.05, 0.1) is 4.99 Å². The first-order chi connectivity index (χ1) is 9.54. The number of hydrogen-bond acceptors (Lipinski definition) is 2. The van der Waals surface area contributed by atoms with Crippen molar-refractivity contribution in [3.8, 4) is 0 Å². The lowest BCUT2D eigenvalue weighted by atomic mass is 10.1. The molecule has 2 rings (SSSR count). The maximum atomic E-state index is 12.0. The normalized spacial score (nSPS) is 10.1. The third kappa shape index (κ3) is 4.15. The van der Waals surface area contributed by atoms with Crippen LogP contribution in [0.1, 0.15) is 15.9 Å². The zero-order valence-electron chi connectivity index (χ0n) is 10.6. The Morgan fingerprint density at radius 3 is 2.25 bits per heavy atom. The minimum atomic E-state index is -0.139. The number of benzene rings is 2. The minimum Gasteiger partial charge on any atom is -0.393 e. The average molecular weight is 349 g/mol. The van der Waals surface area contributed by atoms with Gasteiger partial charge in [0.25, 0.3) is 5.91 Å². The maximum absolute atomic E-state index is 12.0. The second kappa shape index (κ2) is 6.63. The van der Waals surface area contributed by atoms with E-state index in [1.54, 1.807) is 12.1 Å². The number of hydrogen-bond donors (Lipinski definition) is 2. The number of carbonyl (C=O) groups excluding carboxylic acids is 1. The largest absolute Gasteiger partial charge is 0.393 e. The molecule has 1 amide bonds. The van der Waals surface area contributed by atoms with Gasteiger partial charge < -0.3 is 11.1 Å². The van der Waals surface area contributed by atoms with Gasteiger partial charge in [-0.15, -0.1) is 0 Å². The summed E-state index contributed by atoms with van der Waals surface area (Å²) in [5.74, 6) is -0.139. The fourth-order valence-electron chi connectivity index (χ4n) is 1.71. The van der Waals surface area contributed by atoms with Crippen molar-refractivity contribution in [1.82, 2.24) is 0 Å². The summed E-state index contributed by atoms with van der Waals surface area (Å²) in [7, 11) is 0. The average Bonchev–Trinajstić information content (AvgIpc) is 2.41. The molecule has 0 atom stereocenters. The highest BCUT2D eigenvalue weighted by Gasteiger charge is 2.05. The summed E-state index contributed by atoms with van der Waals surface area (Å²) < 4.78 is 0.941. The third-order valence-corrected chi connectivity index (χ3v) is 3.37. The van der Waals surface area contributed by atoms with Crippen LogP contribution >= 0.6 is 28.1 Å². The number of nitrogens with one attached hydrogen (secondary N) is 1. The highest BCUT2D eigenvalue weighted by molar-refractivity contribution is 9.10. The Morgan fingerprint density at radius 2 is 1.70 bits per heavy atom. The Kier molecular flexibility index (Phi) is 4.87. The molecule has 3 N–H and O–H groups in total. The van der Waals surface area contributed by atoms with Gasteiger partial charge in [-0.25, -0.2) is 0 Å². The molecular weight excluding hydrogens is 336 g/mol. The van der Waals surface area contributed by atoms with Crippen LogP contribution in [0.2, 0.25) is 0 Å². The van der Waals surface area contributed by atoms with Gasteiger partial charge in [0.2, 0.25) is 0 Å². The van der Waals surface area contributed by atoms with E-state index in [4.69, 9.17) is 18.0 Å². The Bertz CT molecular complexity index is 623. The predicted molar refractivity (Wildman–Crippen MR) is 89.0 cm³/mol. The topological polar surface area (TPSA) is 55.1 Å². The molecule has 0 aliphatic carbocycles. The molecule has 0 bridgehead atoms. The molecule has 2 aromatic carbocycles. The quantitative estimate of drug-likeness (QED) is 0.831. The highest BCUT2D eigenvalue weighted by Crippen LogP contribution is 2.14. The summed E-state index contributed by atoms with van der Waals surface area (Å²) in [5.41, 5.74) is 7.87. The fraction of sp³-hybridized carbons (Fsp3) is 0.0667. The molecule has 102 valence electrons. The van der Waals surface area contributed by atoms with Gasteiger partial charge in [0, 0.05) is 22.1 Å². The number of nitrogens with two attached hydrogens (primary N) is 1. The van der Waals surface area contributed by atoms with Crippen LogP contribution in [0.3, 0.4) is 0 Å². The van der Waals surface area contributed by atoms with E-state index >= 15 is 0 Å². The number of amides is 1. The number of anilines is 1. The molecule has 0 saturated carbocycles. The monoisotopic (exact) mass is 348 g/mol. The van der Waals surface area contributed by atoms with Gasteiger partial charge in [0.15, 0.2) is 0 Å². The SMILES string of the molecule is NC(=S)Cc1ccc(NC(=O)c2ccc(Br)cc2)cc1. The van der Waals surface area contributed by atoms with Crippen LogP contribution in [0, 0.1) is 0 Å². The lowest BCUT2D eigenvalue weighted by molar-refractivity contribution is 0.102. The van der Waals surface area contributed by atoms with Crippen LogP contribution in [0.4, 0.5) is 5.69 Å². The smallest absolute Gasteiger partial charge is 0.255 e. The second-order valence-corrected chi connectivity index (χ2v) is 5.74. The Balaban J connectivity index is 2.04. The molecule has 0 aliphatic heterocycles. The summed E-state index contributed by atoms with van der Waals surface area (Å²) in [4.78, 5) is 12.5. The summed E-state index contributed by atoms with van der Waals surface area (Å²) >= 11 is 8.20. The van der Waals surface area contributed by atoms with E-state index in [0.717, 1.165) is 15.7 Å². The fourth-order valence-corrected chi connectivity index (χ4v) is 2.14. The molecule has 0 unspecified atom stereocenters. The summed E-state index contributed by atoms with van der Waals surface area (Å²) in [5, 5.41) is 2.84. The van der Waals surface area contributed by atoms with Crippen molar-refractivity contribution < 1.29 is 4.79 Å². The lowest BCUT2D eigenvalue weighted by Gasteiger charge is -2.06. The van der Waals surface area contributed by atoms with Crippen molar-refractivity contribution in [3.05, 3.63) is 64.1 Å². The van der Waals surface area contributed by atoms with Gasteiger partial charge in [-0.1, -0.05) is 40.3 Å². The van der Waals surface area contributed by atoms with Gasteiger partial charge in [-0.05, 0) is 42.0 Å². The summed E-state index contributed by atoms with van der Waals surface area (Å²) in [6.07, 6.45) is 0.566. The summed E-state index contributed by atoms with van der Waals surface area (Å²) in [6, 6.07) is 14.7. The van der Waals surface area contributed by atoms with Gasteiger partial charge in [-0.3, -0.25) is 4.79 Å². The zero-order chi connectivity index (χ0) is 14.5. The van der Waals surface area contributed by atoms with Gasteiger partial charge in [-0.2, -0.15) is 0 Å². The summed E-state index contributed by atoms with van der Waals surface area (Å²) in [6.45, 7) is 0. The van der Waals surface area contributed by atoms with Crippen LogP contribution in [-0.4, -0.2) is 10.9 Å². The Hall–Kier alpha value is -1.72. The first-order valence-electron chi connectivity index (χ1n) is 5.99. The van der Waals surface area contributed by atoms with Gasteiger partial charge in [0.1, 0.15) is 0 Å². The van der Waals surface area contributed by atoms with Crippen LogP contribution in [0.5, 0.6) is 0 Å². The second-order valence-electron chi connectivity index (χ2n) is 4.30. The van der Waals surface area contributed by atoms with Crippen molar-refractivity contribution in [2.24, 2.45) is 5.73 Å². The van der Waals surface area contributed by atoms with Crippen LogP contribution in [0.15, 0.2) is 53.0 Å². The maximum Gasteiger partial charge on any atom is 0.255 e. The van der Waals surface area contributed by atoms with E-state index in [2.05, 4.69) is 21.2 Å².